The van der Waals surface area contributed by atoms with E-state index in [1.165, 1.54) is 5.06 Å². The molecule has 3 rings (SSSR count). The fourth-order valence-electron chi connectivity index (χ4n) is 3.36. The number of halogens is 1. The topological polar surface area (TPSA) is 85.7 Å². The third kappa shape index (κ3) is 6.23. The van der Waals surface area contributed by atoms with E-state index < -0.39 is 11.8 Å². The number of imidazole rings is 1. The third-order valence-electron chi connectivity index (χ3n) is 4.89. The minimum absolute atomic E-state index is 0.229. The SMILES string of the molecule is CC(C)CCNC(=O)c1nc(-c2ccc(Cl)cc2)n2c1CN(OC(=O)OC(C)(C)C)CC2. The van der Waals surface area contributed by atoms with Crippen LogP contribution in [-0.4, -0.2) is 45.4 Å². The molecule has 0 atom stereocenters. The molecular weight excluding hydrogens is 432 g/mol. The van der Waals surface area contributed by atoms with Crippen LogP contribution in [0.1, 0.15) is 57.2 Å². The summed E-state index contributed by atoms with van der Waals surface area (Å²) in [5, 5.41) is 5.08. The zero-order chi connectivity index (χ0) is 23.5. The van der Waals surface area contributed by atoms with Crippen LogP contribution < -0.4 is 5.32 Å². The average Bonchev–Trinajstić information content (AvgIpc) is 3.05. The van der Waals surface area contributed by atoms with Gasteiger partial charge < -0.3 is 19.5 Å². The Hall–Kier alpha value is -2.58. The van der Waals surface area contributed by atoms with Crippen LogP contribution in [0.25, 0.3) is 11.4 Å². The van der Waals surface area contributed by atoms with Crippen molar-refractivity contribution in [3.63, 3.8) is 0 Å². The zero-order valence-electron chi connectivity index (χ0n) is 19.3. The van der Waals surface area contributed by atoms with Crippen LogP contribution in [0.15, 0.2) is 24.3 Å². The molecule has 0 radical (unpaired) electrons. The van der Waals surface area contributed by atoms with Crippen LogP contribution in [0.5, 0.6) is 0 Å². The number of fused-ring (bicyclic) bond motifs is 1. The molecule has 1 aromatic carbocycles. The van der Waals surface area contributed by atoms with Gasteiger partial charge in [-0.05, 0) is 57.4 Å². The Kier molecular flexibility index (Phi) is 7.46. The quantitative estimate of drug-likeness (QED) is 0.628. The van der Waals surface area contributed by atoms with Gasteiger partial charge in [-0.25, -0.2) is 9.78 Å². The number of carbonyl (C=O) groups excluding carboxylic acids is 2. The number of rotatable bonds is 6. The molecule has 2 aromatic rings. The highest BCUT2D eigenvalue weighted by Crippen LogP contribution is 2.28. The summed E-state index contributed by atoms with van der Waals surface area (Å²) in [6.07, 6.45) is 0.103. The second-order valence-electron chi connectivity index (χ2n) is 9.25. The third-order valence-corrected chi connectivity index (χ3v) is 5.14. The van der Waals surface area contributed by atoms with Gasteiger partial charge in [-0.3, -0.25) is 4.79 Å². The van der Waals surface area contributed by atoms with E-state index in [0.29, 0.717) is 47.8 Å². The summed E-state index contributed by atoms with van der Waals surface area (Å²) in [5.41, 5.74) is 1.22. The van der Waals surface area contributed by atoms with Crippen LogP contribution >= 0.6 is 11.6 Å². The van der Waals surface area contributed by atoms with Crippen LogP contribution in [-0.2, 0) is 22.7 Å². The lowest BCUT2D eigenvalue weighted by Crippen LogP contribution is -2.38. The zero-order valence-corrected chi connectivity index (χ0v) is 20.0. The van der Waals surface area contributed by atoms with Crippen molar-refractivity contribution in [2.24, 2.45) is 5.92 Å². The largest absolute Gasteiger partial charge is 0.528 e. The number of ether oxygens (including phenoxy) is 1. The van der Waals surface area contributed by atoms with E-state index in [1.54, 1.807) is 32.9 Å². The fourth-order valence-corrected chi connectivity index (χ4v) is 3.48. The maximum Gasteiger partial charge on any atom is 0.528 e. The minimum Gasteiger partial charge on any atom is -0.427 e. The van der Waals surface area contributed by atoms with Crippen molar-refractivity contribution < 1.29 is 19.2 Å². The average molecular weight is 463 g/mol. The molecule has 0 aliphatic carbocycles. The van der Waals surface area contributed by atoms with Crippen molar-refractivity contribution in [3.8, 4) is 11.4 Å². The molecule has 1 aliphatic rings. The lowest BCUT2D eigenvalue weighted by atomic mass is 10.1. The van der Waals surface area contributed by atoms with Crippen molar-refractivity contribution in [1.29, 1.82) is 0 Å². The van der Waals surface area contributed by atoms with E-state index in [2.05, 4.69) is 24.1 Å². The molecule has 1 amide bonds. The highest BCUT2D eigenvalue weighted by molar-refractivity contribution is 6.30. The number of hydrogen-bond donors (Lipinski definition) is 1. The first-order chi connectivity index (χ1) is 15.0. The lowest BCUT2D eigenvalue weighted by molar-refractivity contribution is -0.155. The first-order valence-corrected chi connectivity index (χ1v) is 11.2. The highest BCUT2D eigenvalue weighted by Gasteiger charge is 2.30. The predicted molar refractivity (Wildman–Crippen MR) is 122 cm³/mol. The van der Waals surface area contributed by atoms with Crippen molar-refractivity contribution in [1.82, 2.24) is 19.9 Å². The molecule has 1 aromatic heterocycles. The number of amides is 1. The number of hydrogen-bond acceptors (Lipinski definition) is 6. The number of nitrogens with zero attached hydrogens (tertiary/aromatic N) is 3. The van der Waals surface area contributed by atoms with E-state index in [4.69, 9.17) is 21.2 Å². The molecule has 8 nitrogen and oxygen atoms in total. The summed E-state index contributed by atoms with van der Waals surface area (Å²) in [6, 6.07) is 7.34. The van der Waals surface area contributed by atoms with E-state index >= 15 is 0 Å². The monoisotopic (exact) mass is 462 g/mol. The Morgan fingerprint density at radius 2 is 1.88 bits per heavy atom. The number of carbonyl (C=O) groups is 2. The van der Waals surface area contributed by atoms with Gasteiger partial charge in [0.25, 0.3) is 5.91 Å². The normalized spacial score (nSPS) is 14.2. The van der Waals surface area contributed by atoms with Gasteiger partial charge in [-0.15, -0.1) is 5.06 Å². The molecule has 0 bridgehead atoms. The van der Waals surface area contributed by atoms with Crippen molar-refractivity contribution in [2.45, 2.75) is 59.7 Å². The lowest BCUT2D eigenvalue weighted by Gasteiger charge is -2.28. The summed E-state index contributed by atoms with van der Waals surface area (Å²) in [4.78, 5) is 35.1. The van der Waals surface area contributed by atoms with Gasteiger partial charge in [0.2, 0.25) is 0 Å². The van der Waals surface area contributed by atoms with E-state index in [0.717, 1.165) is 12.0 Å². The standard InChI is InChI=1S/C23H31ClN4O4/c1-15(2)10-11-25-21(29)19-18-14-27(32-22(30)31-23(3,4)5)12-13-28(18)20(26-19)16-6-8-17(24)9-7-16/h6-9,15H,10-14H2,1-5H3,(H,25,29). The van der Waals surface area contributed by atoms with Crippen LogP contribution in [0.3, 0.4) is 0 Å². The van der Waals surface area contributed by atoms with Crippen LogP contribution in [0, 0.1) is 5.92 Å². The summed E-state index contributed by atoms with van der Waals surface area (Å²) in [7, 11) is 0. The molecule has 0 saturated carbocycles. The van der Waals surface area contributed by atoms with Crippen LogP contribution in [0.2, 0.25) is 5.02 Å². The summed E-state index contributed by atoms with van der Waals surface area (Å²) in [5.74, 6) is 0.921. The molecule has 1 aliphatic heterocycles. The Morgan fingerprint density at radius 3 is 2.50 bits per heavy atom. The van der Waals surface area contributed by atoms with Crippen LogP contribution in [0.4, 0.5) is 4.79 Å². The molecule has 2 heterocycles. The molecule has 0 saturated heterocycles. The Bertz CT molecular complexity index is 964. The van der Waals surface area contributed by atoms with Crippen molar-refractivity contribution >= 4 is 23.7 Å². The second kappa shape index (κ2) is 9.92. The van der Waals surface area contributed by atoms with Gasteiger partial charge in [-0.2, -0.15) is 0 Å². The summed E-state index contributed by atoms with van der Waals surface area (Å²) < 4.78 is 7.25. The van der Waals surface area contributed by atoms with Gasteiger partial charge in [0.05, 0.1) is 18.8 Å². The first kappa shape index (κ1) is 24.1. The van der Waals surface area contributed by atoms with E-state index in [9.17, 15) is 9.59 Å². The van der Waals surface area contributed by atoms with E-state index in [-0.39, 0.29) is 12.5 Å². The van der Waals surface area contributed by atoms with Gasteiger partial charge >= 0.3 is 6.16 Å². The molecule has 0 unspecified atom stereocenters. The molecule has 9 heteroatoms. The smallest absolute Gasteiger partial charge is 0.427 e. The summed E-state index contributed by atoms with van der Waals surface area (Å²) >= 11 is 6.04. The molecule has 0 spiro atoms. The highest BCUT2D eigenvalue weighted by atomic mass is 35.5. The maximum atomic E-state index is 13.0. The molecule has 0 fully saturated rings. The van der Waals surface area contributed by atoms with Gasteiger partial charge in [0.15, 0.2) is 5.69 Å². The predicted octanol–water partition coefficient (Wildman–Crippen LogP) is 4.66. The number of nitrogens with one attached hydrogen (secondary N) is 1. The van der Waals surface area contributed by atoms with E-state index in [1.807, 2.05) is 16.7 Å². The Morgan fingerprint density at radius 1 is 1.19 bits per heavy atom. The molecular formula is C23H31ClN4O4. The fraction of sp³-hybridized carbons (Fsp3) is 0.522. The first-order valence-electron chi connectivity index (χ1n) is 10.8. The Labute approximate surface area is 193 Å². The number of hydroxylamine groups is 2. The van der Waals surface area contributed by atoms with Gasteiger partial charge in [-0.1, -0.05) is 25.4 Å². The summed E-state index contributed by atoms with van der Waals surface area (Å²) in [6.45, 7) is 11.3. The van der Waals surface area contributed by atoms with Gasteiger partial charge in [0, 0.05) is 23.7 Å². The molecule has 1 N–H and O–H groups in total. The molecule has 32 heavy (non-hydrogen) atoms. The Balaban J connectivity index is 1.86. The maximum absolute atomic E-state index is 13.0. The second-order valence-corrected chi connectivity index (χ2v) is 9.68. The van der Waals surface area contributed by atoms with Gasteiger partial charge in [0.1, 0.15) is 11.4 Å². The minimum atomic E-state index is -0.772. The molecule has 174 valence electrons. The van der Waals surface area contributed by atoms with Crippen molar-refractivity contribution in [2.75, 3.05) is 13.1 Å². The number of benzene rings is 1. The number of aromatic nitrogens is 2. The van der Waals surface area contributed by atoms with Crippen molar-refractivity contribution in [3.05, 3.63) is 40.7 Å².